The molecule has 0 saturated carbocycles. The zero-order chi connectivity index (χ0) is 13.2. The fraction of sp³-hybridized carbons (Fsp3) is 0.692. The van der Waals surface area contributed by atoms with E-state index < -0.39 is 0 Å². The highest BCUT2D eigenvalue weighted by Crippen LogP contribution is 2.05. The molecule has 0 aliphatic carbocycles. The van der Waals surface area contributed by atoms with E-state index in [-0.39, 0.29) is 5.91 Å². The second-order valence-electron chi connectivity index (χ2n) is 4.57. The molecule has 0 unspecified atom stereocenters. The van der Waals surface area contributed by atoms with Crippen LogP contribution < -0.4 is 11.1 Å². The van der Waals surface area contributed by atoms with E-state index in [0.717, 1.165) is 44.3 Å². The number of aromatic nitrogens is 2. The van der Waals surface area contributed by atoms with Crippen molar-refractivity contribution in [1.29, 1.82) is 0 Å². The van der Waals surface area contributed by atoms with Gasteiger partial charge in [0.05, 0.1) is 6.20 Å². The van der Waals surface area contributed by atoms with Crippen LogP contribution >= 0.6 is 0 Å². The smallest absolute Gasteiger partial charge is 0.219 e. The van der Waals surface area contributed by atoms with Crippen LogP contribution in [0.25, 0.3) is 0 Å². The number of nitrogens with one attached hydrogen (secondary N) is 2. The largest absolute Gasteiger partial charge is 0.356 e. The summed E-state index contributed by atoms with van der Waals surface area (Å²) in [6.07, 6.45) is 7.36. The Balaban J connectivity index is 2.00. The summed E-state index contributed by atoms with van der Waals surface area (Å²) < 4.78 is 0. The minimum Gasteiger partial charge on any atom is -0.356 e. The molecule has 0 aliphatic heterocycles. The average molecular weight is 252 g/mol. The molecule has 18 heavy (non-hydrogen) atoms. The molecule has 1 aromatic heterocycles. The van der Waals surface area contributed by atoms with Crippen LogP contribution in [-0.2, 0) is 11.2 Å². The lowest BCUT2D eigenvalue weighted by molar-refractivity contribution is -0.121. The zero-order valence-electron chi connectivity index (χ0n) is 11.2. The van der Waals surface area contributed by atoms with E-state index in [0.29, 0.717) is 13.0 Å². The topological polar surface area (TPSA) is 83.8 Å². The number of amides is 1. The molecule has 0 radical (unpaired) electrons. The maximum absolute atomic E-state index is 11.5. The number of H-pyrrole nitrogens is 1. The highest BCUT2D eigenvalue weighted by Gasteiger charge is 2.02. The summed E-state index contributed by atoms with van der Waals surface area (Å²) in [6, 6.07) is 0. The van der Waals surface area contributed by atoms with Crippen molar-refractivity contribution in [3.05, 3.63) is 17.5 Å². The van der Waals surface area contributed by atoms with Gasteiger partial charge in [-0.25, -0.2) is 0 Å². The van der Waals surface area contributed by atoms with Crippen LogP contribution in [0.4, 0.5) is 0 Å². The summed E-state index contributed by atoms with van der Waals surface area (Å²) in [4.78, 5) is 11.5. The minimum absolute atomic E-state index is 0.149. The lowest BCUT2D eigenvalue weighted by Gasteiger charge is -2.04. The van der Waals surface area contributed by atoms with Crippen molar-refractivity contribution in [3.63, 3.8) is 0 Å². The van der Waals surface area contributed by atoms with E-state index >= 15 is 0 Å². The molecule has 0 atom stereocenters. The molecular weight excluding hydrogens is 228 g/mol. The Morgan fingerprint density at radius 3 is 2.89 bits per heavy atom. The number of unbranched alkanes of at least 4 members (excludes halogenated alkanes) is 2. The van der Waals surface area contributed by atoms with Crippen LogP contribution in [-0.4, -0.2) is 29.2 Å². The standard InChI is InChI=1S/C13H24N4O/c1-11-12(10-16-17-11)6-5-9-15-13(18)7-3-2-4-8-14/h10H,2-9,14H2,1H3,(H,15,18)(H,16,17). The molecule has 0 spiro atoms. The summed E-state index contributed by atoms with van der Waals surface area (Å²) in [5.74, 6) is 0.149. The van der Waals surface area contributed by atoms with E-state index in [1.807, 2.05) is 13.1 Å². The van der Waals surface area contributed by atoms with Gasteiger partial charge in [-0.1, -0.05) is 6.42 Å². The molecule has 0 bridgehead atoms. The molecular formula is C13H24N4O. The molecule has 0 fully saturated rings. The summed E-state index contributed by atoms with van der Waals surface area (Å²) in [7, 11) is 0. The van der Waals surface area contributed by atoms with Crippen molar-refractivity contribution in [2.45, 2.75) is 45.4 Å². The second kappa shape index (κ2) is 8.69. The Morgan fingerprint density at radius 1 is 1.39 bits per heavy atom. The van der Waals surface area contributed by atoms with E-state index in [4.69, 9.17) is 5.73 Å². The van der Waals surface area contributed by atoms with Crippen LogP contribution in [0.1, 0.15) is 43.4 Å². The van der Waals surface area contributed by atoms with Crippen LogP contribution in [0.5, 0.6) is 0 Å². The number of aromatic amines is 1. The first-order chi connectivity index (χ1) is 8.74. The van der Waals surface area contributed by atoms with Gasteiger partial charge < -0.3 is 11.1 Å². The predicted molar refractivity (Wildman–Crippen MR) is 72.2 cm³/mol. The summed E-state index contributed by atoms with van der Waals surface area (Å²) >= 11 is 0. The van der Waals surface area contributed by atoms with E-state index in [2.05, 4.69) is 15.5 Å². The van der Waals surface area contributed by atoms with Crippen molar-refractivity contribution >= 4 is 5.91 Å². The van der Waals surface area contributed by atoms with Crippen LogP contribution in [0.15, 0.2) is 6.20 Å². The highest BCUT2D eigenvalue weighted by atomic mass is 16.1. The fourth-order valence-corrected chi connectivity index (χ4v) is 1.83. The van der Waals surface area contributed by atoms with Crippen LogP contribution in [0.2, 0.25) is 0 Å². The van der Waals surface area contributed by atoms with Gasteiger partial charge in [0.25, 0.3) is 0 Å². The normalized spacial score (nSPS) is 10.6. The molecule has 1 heterocycles. The molecule has 1 rings (SSSR count). The molecule has 102 valence electrons. The van der Waals surface area contributed by atoms with Crippen molar-refractivity contribution in [3.8, 4) is 0 Å². The monoisotopic (exact) mass is 252 g/mol. The van der Waals surface area contributed by atoms with Gasteiger partial charge in [0.15, 0.2) is 0 Å². The maximum Gasteiger partial charge on any atom is 0.219 e. The Hall–Kier alpha value is -1.36. The zero-order valence-corrected chi connectivity index (χ0v) is 11.2. The molecule has 1 aromatic rings. The second-order valence-corrected chi connectivity index (χ2v) is 4.57. The van der Waals surface area contributed by atoms with E-state index in [9.17, 15) is 4.79 Å². The number of carbonyl (C=O) groups excluding carboxylic acids is 1. The molecule has 5 nitrogen and oxygen atoms in total. The molecule has 4 N–H and O–H groups in total. The van der Waals surface area contributed by atoms with Crippen molar-refractivity contribution in [2.24, 2.45) is 5.73 Å². The van der Waals surface area contributed by atoms with Gasteiger partial charge in [0.2, 0.25) is 5.91 Å². The number of hydrogen-bond acceptors (Lipinski definition) is 3. The number of aryl methyl sites for hydroxylation is 2. The summed E-state index contributed by atoms with van der Waals surface area (Å²) in [5, 5.41) is 9.82. The SMILES string of the molecule is Cc1[nH]ncc1CCCNC(=O)CCCCCN. The average Bonchev–Trinajstić information content (AvgIpc) is 2.76. The first-order valence-corrected chi connectivity index (χ1v) is 6.69. The van der Waals surface area contributed by atoms with Gasteiger partial charge >= 0.3 is 0 Å². The molecule has 1 amide bonds. The number of nitrogens with two attached hydrogens (primary N) is 1. The van der Waals surface area contributed by atoms with E-state index in [1.54, 1.807) is 0 Å². The van der Waals surface area contributed by atoms with Gasteiger partial charge in [0, 0.05) is 18.7 Å². The first kappa shape index (κ1) is 14.7. The van der Waals surface area contributed by atoms with Crippen molar-refractivity contribution in [1.82, 2.24) is 15.5 Å². The first-order valence-electron chi connectivity index (χ1n) is 6.69. The molecule has 5 heteroatoms. The Morgan fingerprint density at radius 2 is 2.22 bits per heavy atom. The third-order valence-corrected chi connectivity index (χ3v) is 2.99. The minimum atomic E-state index is 0.149. The third-order valence-electron chi connectivity index (χ3n) is 2.99. The van der Waals surface area contributed by atoms with Gasteiger partial charge in [0.1, 0.15) is 0 Å². The molecule has 0 aliphatic rings. The Kier molecular flexibility index (Phi) is 7.10. The lowest BCUT2D eigenvalue weighted by Crippen LogP contribution is -2.24. The molecule has 0 aromatic carbocycles. The highest BCUT2D eigenvalue weighted by molar-refractivity contribution is 5.75. The van der Waals surface area contributed by atoms with Gasteiger partial charge in [-0.05, 0) is 44.7 Å². The number of nitrogens with zero attached hydrogens (tertiary/aromatic N) is 1. The number of rotatable bonds is 9. The number of carbonyl (C=O) groups is 1. The van der Waals surface area contributed by atoms with Gasteiger partial charge in [-0.3, -0.25) is 9.89 Å². The van der Waals surface area contributed by atoms with Crippen molar-refractivity contribution < 1.29 is 4.79 Å². The third kappa shape index (κ3) is 5.82. The van der Waals surface area contributed by atoms with Crippen LogP contribution in [0.3, 0.4) is 0 Å². The van der Waals surface area contributed by atoms with Crippen molar-refractivity contribution in [2.75, 3.05) is 13.1 Å². The maximum atomic E-state index is 11.5. The summed E-state index contributed by atoms with van der Waals surface area (Å²) in [6.45, 7) is 3.46. The summed E-state index contributed by atoms with van der Waals surface area (Å²) in [5.41, 5.74) is 7.74. The lowest BCUT2D eigenvalue weighted by atomic mass is 10.1. The van der Waals surface area contributed by atoms with Gasteiger partial charge in [-0.15, -0.1) is 0 Å². The van der Waals surface area contributed by atoms with Crippen LogP contribution in [0, 0.1) is 6.92 Å². The quantitative estimate of drug-likeness (QED) is 0.579. The fourth-order valence-electron chi connectivity index (χ4n) is 1.83. The predicted octanol–water partition coefficient (Wildman–Crippen LogP) is 1.29. The Labute approximate surface area is 109 Å². The van der Waals surface area contributed by atoms with E-state index in [1.165, 1.54) is 5.56 Å². The van der Waals surface area contributed by atoms with Gasteiger partial charge in [-0.2, -0.15) is 5.10 Å². The molecule has 0 saturated heterocycles. The number of hydrogen-bond donors (Lipinski definition) is 3. The Bertz CT molecular complexity index is 349.